The van der Waals surface area contributed by atoms with E-state index in [2.05, 4.69) is 10.2 Å². The highest BCUT2D eigenvalue weighted by molar-refractivity contribution is 5.91. The third-order valence-corrected chi connectivity index (χ3v) is 5.49. The summed E-state index contributed by atoms with van der Waals surface area (Å²) in [4.78, 5) is 29.9. The van der Waals surface area contributed by atoms with Gasteiger partial charge in [0.05, 0.1) is 20.3 Å². The summed E-state index contributed by atoms with van der Waals surface area (Å²) in [6, 6.07) is 7.69. The van der Waals surface area contributed by atoms with E-state index in [1.165, 1.54) is 0 Å². The van der Waals surface area contributed by atoms with Crippen molar-refractivity contribution in [3.8, 4) is 0 Å². The lowest BCUT2D eigenvalue weighted by Gasteiger charge is -2.29. The fourth-order valence-corrected chi connectivity index (χ4v) is 3.61. The fraction of sp³-hybridized carbons (Fsp3) is 0.600. The molecule has 2 atom stereocenters. The summed E-state index contributed by atoms with van der Waals surface area (Å²) in [5, 5.41) is 2.94. The van der Waals surface area contributed by atoms with Crippen LogP contribution in [0.2, 0.25) is 0 Å². The molecular formula is C20H31N4O3+. The quantitative estimate of drug-likeness (QED) is 0.734. The van der Waals surface area contributed by atoms with Crippen LogP contribution in [-0.4, -0.2) is 75.7 Å². The number of rotatable bonds is 6. The van der Waals surface area contributed by atoms with Gasteiger partial charge in [0, 0.05) is 37.6 Å². The smallest absolute Gasteiger partial charge is 0.280 e. The second-order valence-electron chi connectivity index (χ2n) is 7.47. The molecule has 1 aromatic rings. The van der Waals surface area contributed by atoms with Crippen LogP contribution in [0.3, 0.4) is 0 Å². The maximum Gasteiger partial charge on any atom is 0.280 e. The Bertz CT molecular complexity index is 637. The van der Waals surface area contributed by atoms with Crippen molar-refractivity contribution in [3.63, 3.8) is 0 Å². The zero-order valence-electron chi connectivity index (χ0n) is 16.4. The van der Waals surface area contributed by atoms with Crippen LogP contribution in [0.15, 0.2) is 24.3 Å². The largest absolute Gasteiger partial charge is 0.378 e. The molecule has 1 unspecified atom stereocenters. The van der Waals surface area contributed by atoms with Gasteiger partial charge in [-0.05, 0) is 44.0 Å². The first-order chi connectivity index (χ1) is 13.0. The number of hydrogen-bond donors (Lipinski definition) is 2. The number of benzene rings is 1. The van der Waals surface area contributed by atoms with Crippen molar-refractivity contribution >= 4 is 23.2 Å². The molecule has 2 heterocycles. The number of likely N-dealkylation sites (N-methyl/N-ethyl adjacent to an activating group) is 1. The molecule has 0 saturated carbocycles. The normalized spacial score (nSPS) is 19.6. The second-order valence-corrected chi connectivity index (χ2v) is 7.47. The molecule has 0 bridgehead atoms. The molecule has 148 valence electrons. The first kappa shape index (κ1) is 19.6. The zero-order chi connectivity index (χ0) is 19.2. The Kier molecular flexibility index (Phi) is 6.68. The third-order valence-electron chi connectivity index (χ3n) is 5.49. The van der Waals surface area contributed by atoms with E-state index < -0.39 is 0 Å². The number of hydrogen-bond acceptors (Lipinski definition) is 4. The number of likely N-dealkylation sites (tertiary alicyclic amines) is 1. The molecule has 0 aliphatic carbocycles. The molecular weight excluding hydrogens is 344 g/mol. The molecule has 0 radical (unpaired) electrons. The third kappa shape index (κ3) is 5.20. The van der Waals surface area contributed by atoms with Gasteiger partial charge in [0.25, 0.3) is 11.8 Å². The Hall–Kier alpha value is -2.12. The van der Waals surface area contributed by atoms with E-state index >= 15 is 0 Å². The minimum absolute atomic E-state index is 0.0762. The summed E-state index contributed by atoms with van der Waals surface area (Å²) in [7, 11) is 1.90. The Labute approximate surface area is 161 Å². The minimum atomic E-state index is -0.211. The van der Waals surface area contributed by atoms with Crippen molar-refractivity contribution in [2.75, 3.05) is 63.2 Å². The number of anilines is 2. The van der Waals surface area contributed by atoms with Crippen molar-refractivity contribution in [1.82, 2.24) is 4.90 Å². The van der Waals surface area contributed by atoms with Crippen LogP contribution in [0, 0.1) is 0 Å². The van der Waals surface area contributed by atoms with Crippen LogP contribution in [0.1, 0.15) is 19.8 Å². The molecule has 1 aromatic carbocycles. The molecule has 7 heteroatoms. The molecule has 3 rings (SSSR count). The van der Waals surface area contributed by atoms with Crippen LogP contribution in [0.4, 0.5) is 11.4 Å². The summed E-state index contributed by atoms with van der Waals surface area (Å²) in [6.45, 7) is 7.15. The van der Waals surface area contributed by atoms with E-state index in [4.69, 9.17) is 4.74 Å². The van der Waals surface area contributed by atoms with Gasteiger partial charge in [-0.2, -0.15) is 0 Å². The monoisotopic (exact) mass is 375 g/mol. The lowest BCUT2D eigenvalue weighted by Crippen LogP contribution is -3.15. The molecule has 2 aliphatic heterocycles. The molecule has 2 amide bonds. The van der Waals surface area contributed by atoms with Crippen LogP contribution in [0.25, 0.3) is 0 Å². The maximum absolute atomic E-state index is 12.5. The van der Waals surface area contributed by atoms with E-state index in [-0.39, 0.29) is 24.4 Å². The summed E-state index contributed by atoms with van der Waals surface area (Å²) in [5.41, 5.74) is 1.92. The van der Waals surface area contributed by atoms with Crippen molar-refractivity contribution in [2.45, 2.75) is 25.8 Å². The Morgan fingerprint density at radius 3 is 2.37 bits per heavy atom. The Morgan fingerprint density at radius 2 is 1.74 bits per heavy atom. The van der Waals surface area contributed by atoms with Crippen molar-refractivity contribution < 1.29 is 19.2 Å². The van der Waals surface area contributed by atoms with Gasteiger partial charge in [0.1, 0.15) is 0 Å². The highest BCUT2D eigenvalue weighted by atomic mass is 16.5. The first-order valence-electron chi connectivity index (χ1n) is 9.88. The number of nitrogens with one attached hydrogen (secondary N) is 2. The van der Waals surface area contributed by atoms with Gasteiger partial charge < -0.3 is 24.8 Å². The summed E-state index contributed by atoms with van der Waals surface area (Å²) >= 11 is 0. The van der Waals surface area contributed by atoms with Gasteiger partial charge >= 0.3 is 0 Å². The van der Waals surface area contributed by atoms with E-state index in [0.29, 0.717) is 0 Å². The Balaban J connectivity index is 1.48. The van der Waals surface area contributed by atoms with E-state index in [0.717, 1.165) is 68.5 Å². The van der Waals surface area contributed by atoms with Crippen molar-refractivity contribution in [1.29, 1.82) is 0 Å². The fourth-order valence-electron chi connectivity index (χ4n) is 3.61. The summed E-state index contributed by atoms with van der Waals surface area (Å²) in [6.07, 6.45) is 2.16. The number of carbonyl (C=O) groups excluding carboxylic acids is 2. The Morgan fingerprint density at radius 1 is 1.11 bits per heavy atom. The number of nitrogens with zero attached hydrogens (tertiary/aromatic N) is 2. The van der Waals surface area contributed by atoms with Crippen LogP contribution in [-0.2, 0) is 14.3 Å². The van der Waals surface area contributed by atoms with E-state index in [1.54, 1.807) is 0 Å². The number of ether oxygens (including phenoxy) is 1. The number of carbonyl (C=O) groups is 2. The molecule has 7 nitrogen and oxygen atoms in total. The highest BCUT2D eigenvalue weighted by Gasteiger charge is 2.29. The highest BCUT2D eigenvalue weighted by Crippen LogP contribution is 2.18. The summed E-state index contributed by atoms with van der Waals surface area (Å²) < 4.78 is 5.38. The van der Waals surface area contributed by atoms with Gasteiger partial charge in [0.2, 0.25) is 0 Å². The second kappa shape index (κ2) is 9.19. The average molecular weight is 375 g/mol. The first-order valence-corrected chi connectivity index (χ1v) is 9.88. The molecule has 2 aliphatic rings. The predicted octanol–water partition coefficient (Wildman–Crippen LogP) is -0.0127. The van der Waals surface area contributed by atoms with Crippen LogP contribution >= 0.6 is 0 Å². The lowest BCUT2D eigenvalue weighted by atomic mass is 10.2. The number of quaternary nitrogens is 1. The topological polar surface area (TPSA) is 66.3 Å². The van der Waals surface area contributed by atoms with Gasteiger partial charge in [-0.15, -0.1) is 0 Å². The average Bonchev–Trinajstić information content (AvgIpc) is 3.22. The van der Waals surface area contributed by atoms with E-state index in [9.17, 15) is 9.59 Å². The van der Waals surface area contributed by atoms with Gasteiger partial charge in [-0.25, -0.2) is 0 Å². The maximum atomic E-state index is 12.5. The molecule has 2 N–H and O–H groups in total. The predicted molar refractivity (Wildman–Crippen MR) is 105 cm³/mol. The van der Waals surface area contributed by atoms with Crippen LogP contribution in [0.5, 0.6) is 0 Å². The molecule has 0 aromatic heterocycles. The SMILES string of the molecule is C[C@@H](C(=O)N1CCCC1)[NH+](C)CC(=O)Nc1ccc(N2CCOCC2)cc1. The zero-order valence-corrected chi connectivity index (χ0v) is 16.4. The van der Waals surface area contributed by atoms with Crippen molar-refractivity contribution in [3.05, 3.63) is 24.3 Å². The van der Waals surface area contributed by atoms with Crippen LogP contribution < -0.4 is 15.1 Å². The van der Waals surface area contributed by atoms with Gasteiger partial charge in [-0.3, -0.25) is 9.59 Å². The molecule has 0 spiro atoms. The van der Waals surface area contributed by atoms with Gasteiger partial charge in [-0.1, -0.05) is 0 Å². The van der Waals surface area contributed by atoms with Gasteiger partial charge in [0.15, 0.2) is 12.6 Å². The molecule has 2 saturated heterocycles. The lowest BCUT2D eigenvalue weighted by molar-refractivity contribution is -0.886. The number of amides is 2. The standard InChI is InChI=1S/C20H30N4O3/c1-16(20(26)24-9-3-4-10-24)22(2)15-19(25)21-17-5-7-18(8-6-17)23-11-13-27-14-12-23/h5-8,16H,3-4,9-15H2,1-2H3,(H,21,25)/p+1/t16-/m0/s1. The molecule has 27 heavy (non-hydrogen) atoms. The molecule has 2 fully saturated rings. The minimum Gasteiger partial charge on any atom is -0.378 e. The van der Waals surface area contributed by atoms with Crippen molar-refractivity contribution in [2.24, 2.45) is 0 Å². The van der Waals surface area contributed by atoms with E-state index in [1.807, 2.05) is 43.1 Å². The number of morpholine rings is 1. The summed E-state index contributed by atoms with van der Waals surface area (Å²) in [5.74, 6) is 0.0698.